The van der Waals surface area contributed by atoms with Gasteiger partial charge in [0.1, 0.15) is 0 Å². The molecule has 19 heavy (non-hydrogen) atoms. The minimum atomic E-state index is -0.437. The Hall–Kier alpha value is -1.46. The van der Waals surface area contributed by atoms with E-state index in [1.807, 2.05) is 0 Å². The monoisotopic (exact) mass is 264 g/mol. The van der Waals surface area contributed by atoms with Crippen molar-refractivity contribution in [3.05, 3.63) is 17.7 Å². The number of piperidine rings is 3. The zero-order valence-corrected chi connectivity index (χ0v) is 10.8. The minimum Gasteiger partial charge on any atom is -0.504 e. The van der Waals surface area contributed by atoms with E-state index in [0.717, 1.165) is 12.5 Å². The van der Waals surface area contributed by atoms with E-state index in [0.29, 0.717) is 18.2 Å². The number of fused-ring (bicyclic) bond motifs is 3. The van der Waals surface area contributed by atoms with Crippen molar-refractivity contribution >= 4 is 0 Å². The van der Waals surface area contributed by atoms with E-state index in [-0.39, 0.29) is 11.5 Å². The lowest BCUT2D eigenvalue weighted by Gasteiger charge is -2.45. The molecular formula is C14H20N2O3. The van der Waals surface area contributed by atoms with E-state index in [4.69, 9.17) is 0 Å². The van der Waals surface area contributed by atoms with Gasteiger partial charge < -0.3 is 25.5 Å². The van der Waals surface area contributed by atoms with E-state index in [2.05, 4.69) is 10.2 Å². The molecule has 0 spiro atoms. The first kappa shape index (κ1) is 12.6. The quantitative estimate of drug-likeness (QED) is 0.613. The summed E-state index contributed by atoms with van der Waals surface area (Å²) in [7, 11) is 0. The van der Waals surface area contributed by atoms with Crippen molar-refractivity contribution in [2.75, 3.05) is 19.6 Å². The smallest absolute Gasteiger partial charge is 0.200 e. The third-order valence-corrected chi connectivity index (χ3v) is 4.42. The molecule has 3 aliphatic heterocycles. The van der Waals surface area contributed by atoms with Crippen LogP contribution < -0.4 is 5.32 Å². The maximum atomic E-state index is 9.78. The van der Waals surface area contributed by atoms with Crippen molar-refractivity contribution < 1.29 is 15.3 Å². The number of hydrogen-bond acceptors (Lipinski definition) is 5. The lowest BCUT2D eigenvalue weighted by molar-refractivity contribution is 0.0719. The maximum Gasteiger partial charge on any atom is 0.200 e. The van der Waals surface area contributed by atoms with Crippen LogP contribution >= 0.6 is 0 Å². The molecule has 4 N–H and O–H groups in total. The zero-order valence-electron chi connectivity index (χ0n) is 10.8. The number of phenolic OH excluding ortho intramolecular Hbond substituents is 3. The Labute approximate surface area is 112 Å². The largest absolute Gasteiger partial charge is 0.504 e. The predicted molar refractivity (Wildman–Crippen MR) is 71.2 cm³/mol. The molecule has 2 bridgehead atoms. The van der Waals surface area contributed by atoms with Gasteiger partial charge >= 0.3 is 0 Å². The highest BCUT2D eigenvalue weighted by Gasteiger charge is 2.33. The molecule has 1 aromatic rings. The number of phenols is 3. The molecule has 4 rings (SSSR count). The molecule has 0 aliphatic carbocycles. The Morgan fingerprint density at radius 2 is 1.84 bits per heavy atom. The fourth-order valence-electron chi connectivity index (χ4n) is 3.19. The third-order valence-electron chi connectivity index (χ3n) is 4.42. The molecule has 0 amide bonds. The molecule has 1 unspecified atom stereocenters. The summed E-state index contributed by atoms with van der Waals surface area (Å²) >= 11 is 0. The first-order valence-corrected chi connectivity index (χ1v) is 6.83. The molecule has 1 aromatic carbocycles. The summed E-state index contributed by atoms with van der Waals surface area (Å²) in [4.78, 5) is 2.46. The molecule has 0 aromatic heterocycles. The van der Waals surface area contributed by atoms with E-state index in [1.165, 1.54) is 32.0 Å². The van der Waals surface area contributed by atoms with Gasteiger partial charge in [-0.05, 0) is 37.9 Å². The van der Waals surface area contributed by atoms with Crippen LogP contribution in [0.25, 0.3) is 0 Å². The molecule has 3 heterocycles. The fraction of sp³-hybridized carbons (Fsp3) is 0.571. The molecule has 104 valence electrons. The van der Waals surface area contributed by atoms with Crippen LogP contribution in [0.5, 0.6) is 17.2 Å². The Morgan fingerprint density at radius 1 is 1.11 bits per heavy atom. The molecular weight excluding hydrogens is 244 g/mol. The summed E-state index contributed by atoms with van der Waals surface area (Å²) in [6, 6.07) is 3.50. The second kappa shape index (κ2) is 4.90. The summed E-state index contributed by atoms with van der Waals surface area (Å²) in [5, 5.41) is 32.0. The number of nitrogens with zero attached hydrogens (tertiary/aromatic N) is 1. The first-order chi connectivity index (χ1) is 9.15. The molecule has 0 saturated carbocycles. The van der Waals surface area contributed by atoms with Crippen molar-refractivity contribution in [3.63, 3.8) is 0 Å². The van der Waals surface area contributed by atoms with Crippen molar-refractivity contribution in [2.24, 2.45) is 5.92 Å². The summed E-state index contributed by atoms with van der Waals surface area (Å²) in [6.45, 7) is 3.98. The van der Waals surface area contributed by atoms with E-state index < -0.39 is 5.75 Å². The first-order valence-electron chi connectivity index (χ1n) is 6.83. The maximum absolute atomic E-state index is 9.78. The molecule has 5 nitrogen and oxygen atoms in total. The van der Waals surface area contributed by atoms with Crippen molar-refractivity contribution in [2.45, 2.75) is 25.4 Å². The second-order valence-electron chi connectivity index (χ2n) is 5.57. The number of aromatic hydroxyl groups is 3. The normalized spacial score (nSPS) is 29.6. The van der Waals surface area contributed by atoms with Crippen LogP contribution in [0.3, 0.4) is 0 Å². The fourth-order valence-corrected chi connectivity index (χ4v) is 3.19. The zero-order chi connectivity index (χ0) is 13.4. The Bertz CT molecular complexity index is 470. The van der Waals surface area contributed by atoms with E-state index in [1.54, 1.807) is 6.07 Å². The van der Waals surface area contributed by atoms with Crippen molar-refractivity contribution in [3.8, 4) is 17.2 Å². The van der Waals surface area contributed by atoms with Crippen molar-refractivity contribution in [1.82, 2.24) is 10.2 Å². The van der Waals surface area contributed by atoms with Crippen LogP contribution in [-0.2, 0) is 6.54 Å². The number of rotatable bonds is 3. The van der Waals surface area contributed by atoms with Crippen LogP contribution in [0.4, 0.5) is 0 Å². The lowest BCUT2D eigenvalue weighted by Crippen LogP contribution is -2.55. The van der Waals surface area contributed by atoms with Gasteiger partial charge in [0.25, 0.3) is 0 Å². The second-order valence-corrected chi connectivity index (χ2v) is 5.57. The van der Waals surface area contributed by atoms with Gasteiger partial charge in [-0.25, -0.2) is 0 Å². The summed E-state index contributed by atoms with van der Waals surface area (Å²) in [5.74, 6) is -0.232. The molecule has 1 atom stereocenters. The Balaban J connectivity index is 1.65. The summed E-state index contributed by atoms with van der Waals surface area (Å²) in [6.07, 6.45) is 2.48. The average molecular weight is 264 g/mol. The summed E-state index contributed by atoms with van der Waals surface area (Å²) in [5.41, 5.74) is 0.617. The average Bonchev–Trinajstić information content (AvgIpc) is 2.45. The SMILES string of the molecule is Oc1ccc(CNC2CN3CCC2CC3)c(O)c1O. The van der Waals surface area contributed by atoms with Gasteiger partial charge in [0.05, 0.1) is 0 Å². The Kier molecular flexibility index (Phi) is 3.24. The van der Waals surface area contributed by atoms with Gasteiger partial charge in [0.15, 0.2) is 11.5 Å². The van der Waals surface area contributed by atoms with Crippen LogP contribution in [0, 0.1) is 5.92 Å². The minimum absolute atomic E-state index is 0.228. The molecule has 3 fully saturated rings. The molecule has 5 heteroatoms. The summed E-state index contributed by atoms with van der Waals surface area (Å²) < 4.78 is 0. The van der Waals surface area contributed by atoms with E-state index in [9.17, 15) is 15.3 Å². The number of hydrogen-bond donors (Lipinski definition) is 4. The van der Waals surface area contributed by atoms with Gasteiger partial charge in [-0.2, -0.15) is 0 Å². The predicted octanol–water partition coefficient (Wildman–Crippen LogP) is 0.987. The molecule has 3 aliphatic rings. The van der Waals surface area contributed by atoms with Crippen LogP contribution in [0.1, 0.15) is 18.4 Å². The van der Waals surface area contributed by atoms with Gasteiger partial charge in [0.2, 0.25) is 5.75 Å². The van der Waals surface area contributed by atoms with E-state index >= 15 is 0 Å². The van der Waals surface area contributed by atoms with Crippen LogP contribution in [0.2, 0.25) is 0 Å². The van der Waals surface area contributed by atoms with Crippen molar-refractivity contribution in [1.29, 1.82) is 0 Å². The highest BCUT2D eigenvalue weighted by atomic mass is 16.3. The highest BCUT2D eigenvalue weighted by molar-refractivity contribution is 5.53. The number of benzene rings is 1. The topological polar surface area (TPSA) is 76.0 Å². The Morgan fingerprint density at radius 3 is 2.47 bits per heavy atom. The standard InChI is InChI=1S/C14H20N2O3/c17-12-2-1-10(13(18)14(12)19)7-15-11-8-16-5-3-9(11)4-6-16/h1-2,9,11,15,17-19H,3-8H2. The van der Waals surface area contributed by atoms with Crippen LogP contribution in [0.15, 0.2) is 12.1 Å². The third kappa shape index (κ3) is 2.35. The lowest BCUT2D eigenvalue weighted by atomic mass is 9.84. The highest BCUT2D eigenvalue weighted by Crippen LogP contribution is 2.37. The van der Waals surface area contributed by atoms with Gasteiger partial charge in [-0.1, -0.05) is 6.07 Å². The van der Waals surface area contributed by atoms with Gasteiger partial charge in [-0.15, -0.1) is 0 Å². The van der Waals surface area contributed by atoms with Gasteiger partial charge in [-0.3, -0.25) is 0 Å². The van der Waals surface area contributed by atoms with Crippen LogP contribution in [-0.4, -0.2) is 45.9 Å². The number of nitrogens with one attached hydrogen (secondary N) is 1. The van der Waals surface area contributed by atoms with Gasteiger partial charge in [0, 0.05) is 24.7 Å². The molecule has 3 saturated heterocycles. The molecule has 0 radical (unpaired) electrons.